The Morgan fingerprint density at radius 2 is 2.19 bits per heavy atom. The van der Waals surface area contributed by atoms with Gasteiger partial charge in [0.25, 0.3) is 11.5 Å². The van der Waals surface area contributed by atoms with Gasteiger partial charge in [-0.3, -0.25) is 14.2 Å². The molecule has 1 saturated heterocycles. The second-order valence-corrected chi connectivity index (χ2v) is 8.44. The molecular weight excluding hydrogens is 429 g/mol. The lowest BCUT2D eigenvalue weighted by molar-refractivity contribution is -0.0395. The topological polar surface area (TPSA) is 103 Å². The Morgan fingerprint density at radius 1 is 1.38 bits per heavy atom. The molecule has 0 saturated carbocycles. The van der Waals surface area contributed by atoms with Gasteiger partial charge in [0.05, 0.1) is 43.1 Å². The molecule has 2 aromatic carbocycles. The molecule has 3 atom stereocenters. The first-order chi connectivity index (χ1) is 15.4. The normalized spacial score (nSPS) is 18.5. The van der Waals surface area contributed by atoms with Crippen molar-refractivity contribution < 1.29 is 19.4 Å². The zero-order valence-corrected chi connectivity index (χ0v) is 19.2. The number of ether oxygens (including phenoxy) is 2. The second kappa shape index (κ2) is 9.36. The lowest BCUT2D eigenvalue weighted by atomic mass is 10.0. The molecule has 1 fully saturated rings. The maximum atomic E-state index is 13.3. The number of amides is 1. The molecule has 9 heteroatoms. The van der Waals surface area contributed by atoms with Crippen molar-refractivity contribution in [3.63, 3.8) is 0 Å². The quantitative estimate of drug-likeness (QED) is 0.560. The van der Waals surface area contributed by atoms with E-state index in [2.05, 4.69) is 19.5 Å². The number of hydrogen-bond donors (Lipinski definition) is 2. The zero-order chi connectivity index (χ0) is 22.8. The molecule has 1 aliphatic rings. The molecule has 1 aromatic heterocycles. The summed E-state index contributed by atoms with van der Waals surface area (Å²) < 4.78 is 12.4. The van der Waals surface area contributed by atoms with Crippen molar-refractivity contribution in [2.75, 3.05) is 27.4 Å². The van der Waals surface area contributed by atoms with Crippen LogP contribution in [0.4, 0.5) is 0 Å². The van der Waals surface area contributed by atoms with Gasteiger partial charge in [-0.15, -0.1) is 9.24 Å². The number of aliphatic hydroxyl groups is 1. The molecule has 2 N–H and O–H groups in total. The molecule has 3 aromatic rings. The molecule has 1 amide bonds. The number of hydrogen-bond acceptors (Lipinski definition) is 6. The van der Waals surface area contributed by atoms with E-state index >= 15 is 0 Å². The van der Waals surface area contributed by atoms with Crippen LogP contribution in [0.25, 0.3) is 10.9 Å². The Hall–Kier alpha value is -2.80. The number of methoxy groups -OCH3 is 1. The average molecular weight is 455 g/mol. The number of benzene rings is 2. The highest BCUT2D eigenvalue weighted by Gasteiger charge is 2.27. The fourth-order valence-electron chi connectivity index (χ4n) is 4.09. The lowest BCUT2D eigenvalue weighted by Crippen LogP contribution is -2.39. The highest BCUT2D eigenvalue weighted by molar-refractivity contribution is 7.27. The maximum absolute atomic E-state index is 13.3. The number of rotatable bonds is 5. The third-order valence-electron chi connectivity index (χ3n) is 5.82. The molecule has 32 heavy (non-hydrogen) atoms. The molecule has 0 aliphatic carbocycles. The first kappa shape index (κ1) is 22.4. The maximum Gasteiger partial charge on any atom is 0.261 e. The number of carbonyl (C=O) groups excluding carboxylic acids is 1. The van der Waals surface area contributed by atoms with Crippen LogP contribution in [0.5, 0.6) is 5.75 Å². The van der Waals surface area contributed by atoms with Gasteiger partial charge in [0.1, 0.15) is 5.75 Å². The van der Waals surface area contributed by atoms with Gasteiger partial charge in [-0.2, -0.15) is 0 Å². The van der Waals surface area contributed by atoms with Crippen LogP contribution in [0, 0.1) is 0 Å². The Kier molecular flexibility index (Phi) is 6.55. The number of nitrogens with zero attached hydrogens (tertiary/aromatic N) is 2. The van der Waals surface area contributed by atoms with Gasteiger partial charge < -0.3 is 19.9 Å². The third-order valence-corrected chi connectivity index (χ3v) is 6.29. The highest BCUT2D eigenvalue weighted by atomic mass is 31.0. The highest BCUT2D eigenvalue weighted by Crippen LogP contribution is 2.27. The lowest BCUT2D eigenvalue weighted by Gasteiger charge is -2.29. The van der Waals surface area contributed by atoms with Gasteiger partial charge in [0.2, 0.25) is 0 Å². The Labute approximate surface area is 187 Å². The van der Waals surface area contributed by atoms with Crippen molar-refractivity contribution in [1.82, 2.24) is 14.9 Å². The first-order valence-corrected chi connectivity index (χ1v) is 10.9. The summed E-state index contributed by atoms with van der Waals surface area (Å²) in [5.74, 6) is 0.487. The third kappa shape index (κ3) is 4.26. The van der Waals surface area contributed by atoms with Crippen LogP contribution >= 0.6 is 9.24 Å². The molecule has 1 unspecified atom stereocenters. The van der Waals surface area contributed by atoms with E-state index in [1.807, 2.05) is 12.1 Å². The Morgan fingerprint density at radius 3 is 2.88 bits per heavy atom. The molecule has 0 spiro atoms. The van der Waals surface area contributed by atoms with E-state index in [1.165, 1.54) is 10.9 Å². The van der Waals surface area contributed by atoms with Crippen molar-refractivity contribution in [1.29, 1.82) is 0 Å². The average Bonchev–Trinajstić information content (AvgIpc) is 2.79. The van der Waals surface area contributed by atoms with Gasteiger partial charge in [0, 0.05) is 31.7 Å². The molecule has 8 nitrogen and oxygen atoms in total. The summed E-state index contributed by atoms with van der Waals surface area (Å²) in [6, 6.07) is 8.81. The van der Waals surface area contributed by atoms with E-state index in [0.29, 0.717) is 41.7 Å². The summed E-state index contributed by atoms with van der Waals surface area (Å²) in [6.45, 7) is 0.690. The van der Waals surface area contributed by atoms with Crippen LogP contribution in [0.1, 0.15) is 33.9 Å². The summed E-state index contributed by atoms with van der Waals surface area (Å²) in [5, 5.41) is 14.2. The van der Waals surface area contributed by atoms with Gasteiger partial charge in [-0.05, 0) is 35.0 Å². The minimum atomic E-state index is -0.752. The van der Waals surface area contributed by atoms with E-state index in [-0.39, 0.29) is 24.1 Å². The van der Waals surface area contributed by atoms with Crippen LogP contribution in [-0.4, -0.2) is 54.0 Å². The van der Waals surface area contributed by atoms with Gasteiger partial charge >= 0.3 is 0 Å². The molecule has 2 heterocycles. The van der Waals surface area contributed by atoms with E-state index in [1.54, 1.807) is 32.4 Å². The predicted octanol–water partition coefficient (Wildman–Crippen LogP) is 1.18. The van der Waals surface area contributed by atoms with E-state index in [0.717, 1.165) is 16.4 Å². The number of nitrogens with one attached hydrogen (secondary N) is 1. The number of aliphatic hydroxyl groups excluding tert-OH is 1. The van der Waals surface area contributed by atoms with Crippen LogP contribution in [0.3, 0.4) is 0 Å². The monoisotopic (exact) mass is 455 g/mol. The summed E-state index contributed by atoms with van der Waals surface area (Å²) in [5.41, 5.74) is 2.74. The molecule has 4 rings (SSSR count). The van der Waals surface area contributed by atoms with E-state index in [4.69, 9.17) is 9.47 Å². The van der Waals surface area contributed by atoms with Crippen LogP contribution < -0.4 is 20.9 Å². The Balaban J connectivity index is 1.74. The predicted molar refractivity (Wildman–Crippen MR) is 125 cm³/mol. The minimum absolute atomic E-state index is 0.147. The van der Waals surface area contributed by atoms with Crippen molar-refractivity contribution in [2.45, 2.75) is 25.0 Å². The Bertz CT molecular complexity index is 1230. The smallest absolute Gasteiger partial charge is 0.261 e. The van der Waals surface area contributed by atoms with Crippen molar-refractivity contribution >= 4 is 31.4 Å². The number of carbonyl (C=O) groups is 1. The molecular formula is C23H26N3O5P. The van der Waals surface area contributed by atoms with E-state index < -0.39 is 6.10 Å². The molecule has 0 radical (unpaired) electrons. The number of aromatic nitrogens is 2. The van der Waals surface area contributed by atoms with Crippen LogP contribution in [-0.2, 0) is 11.2 Å². The molecule has 168 valence electrons. The zero-order valence-electron chi connectivity index (χ0n) is 18.0. The molecule has 1 aliphatic heterocycles. The largest absolute Gasteiger partial charge is 0.496 e. The van der Waals surface area contributed by atoms with Crippen LogP contribution in [0.15, 0.2) is 41.5 Å². The summed E-state index contributed by atoms with van der Waals surface area (Å²) in [6.07, 6.45) is 1.80. The van der Waals surface area contributed by atoms with Gasteiger partial charge in [-0.25, -0.2) is 4.98 Å². The van der Waals surface area contributed by atoms with Crippen molar-refractivity contribution in [3.05, 3.63) is 63.7 Å². The van der Waals surface area contributed by atoms with Gasteiger partial charge in [-0.1, -0.05) is 12.1 Å². The van der Waals surface area contributed by atoms with Gasteiger partial charge in [0.15, 0.2) is 0 Å². The van der Waals surface area contributed by atoms with E-state index in [9.17, 15) is 14.7 Å². The SMILES string of the molecule is CNC(=O)c1ccc(Cc2cc3c(=O)n([C@H]4CCOC[C@@H]4O)cnc3cc2OC)cc1P. The molecule has 0 bridgehead atoms. The summed E-state index contributed by atoms with van der Waals surface area (Å²) in [4.78, 5) is 29.7. The summed E-state index contributed by atoms with van der Waals surface area (Å²) in [7, 11) is 5.77. The second-order valence-electron chi connectivity index (χ2n) is 7.81. The fraction of sp³-hybridized carbons (Fsp3) is 0.348. The number of fused-ring (bicyclic) bond motifs is 1. The fourth-order valence-corrected chi connectivity index (χ4v) is 4.53. The standard InChI is InChI=1S/C23H26N3O5P/c1-24-22(28)15-4-3-13(8-21(15)32)7-14-9-16-17(10-20(14)30-2)25-12-26(23(16)29)18-5-6-31-11-19(18)27/h3-4,8-10,12,18-19,27H,5-7,11,32H2,1-2H3,(H,24,28)/t18-,19-/m0/s1. The first-order valence-electron chi connectivity index (χ1n) is 10.4. The minimum Gasteiger partial charge on any atom is -0.496 e. The van der Waals surface area contributed by atoms with Crippen molar-refractivity contribution in [2.24, 2.45) is 0 Å². The van der Waals surface area contributed by atoms with Crippen LogP contribution in [0.2, 0.25) is 0 Å². The van der Waals surface area contributed by atoms with Crippen molar-refractivity contribution in [3.8, 4) is 5.75 Å². The summed E-state index contributed by atoms with van der Waals surface area (Å²) >= 11 is 0.